The largest absolute Gasteiger partial charge is 0.310 e. The highest BCUT2D eigenvalue weighted by atomic mass is 15.1. The smallest absolute Gasteiger partial charge is 0.0619 e. The first kappa shape index (κ1) is 40.5. The molecule has 69 heavy (non-hydrogen) atoms. The van der Waals surface area contributed by atoms with Crippen LogP contribution < -0.4 is 4.90 Å². The second kappa shape index (κ2) is 16.3. The third kappa shape index (κ3) is 6.79. The highest BCUT2D eigenvalue weighted by Crippen LogP contribution is 2.51. The summed E-state index contributed by atoms with van der Waals surface area (Å²) in [6.45, 7) is 4.72. The molecule has 0 atom stereocenters. The van der Waals surface area contributed by atoms with Crippen molar-refractivity contribution in [1.29, 1.82) is 0 Å². The number of fused-ring (bicyclic) bond motifs is 7. The van der Waals surface area contributed by atoms with Crippen LogP contribution in [0.15, 0.2) is 255 Å². The minimum absolute atomic E-state index is 0.117. The van der Waals surface area contributed by atoms with Gasteiger partial charge in [0.1, 0.15) is 0 Å². The highest BCUT2D eigenvalue weighted by molar-refractivity contribution is 6.19. The van der Waals surface area contributed by atoms with Crippen LogP contribution in [0.2, 0.25) is 0 Å². The molecular formula is C67H48N2. The number of hydrogen-bond donors (Lipinski definition) is 0. The Morgan fingerprint density at radius 1 is 0.348 bits per heavy atom. The zero-order valence-electron chi connectivity index (χ0n) is 38.6. The van der Waals surface area contributed by atoms with Crippen molar-refractivity contribution < 1.29 is 0 Å². The van der Waals surface area contributed by atoms with Gasteiger partial charge in [-0.3, -0.25) is 0 Å². The first-order chi connectivity index (χ1) is 34.0. The van der Waals surface area contributed by atoms with Crippen molar-refractivity contribution in [3.63, 3.8) is 0 Å². The number of nitrogens with zero attached hydrogens (tertiary/aromatic N) is 2. The van der Waals surface area contributed by atoms with Gasteiger partial charge in [-0.15, -0.1) is 0 Å². The number of hydrogen-bond acceptors (Lipinski definition) is 1. The molecule has 0 saturated heterocycles. The fourth-order valence-electron chi connectivity index (χ4n) is 11.2. The molecular weight excluding hydrogens is 833 g/mol. The summed E-state index contributed by atoms with van der Waals surface area (Å²) in [5, 5.41) is 6.20. The fourth-order valence-corrected chi connectivity index (χ4v) is 11.2. The van der Waals surface area contributed by atoms with Crippen LogP contribution in [0.1, 0.15) is 25.0 Å². The molecule has 1 aromatic heterocycles. The standard InChI is InChI=1S/C67H48N2/c1-67(2)61-25-15-14-24-59(61)60-40-38-57(44-62(60)67)68(55-34-28-46(29-35-55)51-27-26-45-16-12-13-21-50(45)42-51)56-36-30-47(31-37-56)52-32-39-58-53(43-52)33-41-63-65(58)64(48-17-6-3-7-18-48)66(49-19-8-4-9-20-49)69(63)54-22-10-5-11-23-54/h3-44H,1-2H3. The number of aromatic nitrogens is 1. The molecule has 0 N–H and O–H groups in total. The van der Waals surface area contributed by atoms with Gasteiger partial charge in [-0.2, -0.15) is 0 Å². The number of anilines is 3. The molecule has 11 aromatic carbocycles. The Kier molecular flexibility index (Phi) is 9.55. The Labute approximate surface area is 403 Å². The predicted octanol–water partition coefficient (Wildman–Crippen LogP) is 18.4. The van der Waals surface area contributed by atoms with Gasteiger partial charge in [0, 0.05) is 39.1 Å². The van der Waals surface area contributed by atoms with E-state index in [4.69, 9.17) is 0 Å². The molecule has 2 nitrogen and oxygen atoms in total. The maximum atomic E-state index is 2.45. The van der Waals surface area contributed by atoms with Gasteiger partial charge in [0.15, 0.2) is 0 Å². The molecule has 12 aromatic rings. The van der Waals surface area contributed by atoms with E-state index in [9.17, 15) is 0 Å². The van der Waals surface area contributed by atoms with Gasteiger partial charge in [0.05, 0.1) is 11.2 Å². The van der Waals surface area contributed by atoms with Crippen molar-refractivity contribution in [1.82, 2.24) is 4.57 Å². The lowest BCUT2D eigenvalue weighted by Gasteiger charge is -2.28. The maximum Gasteiger partial charge on any atom is 0.0619 e. The van der Waals surface area contributed by atoms with Crippen LogP contribution in [-0.2, 0) is 5.41 Å². The van der Waals surface area contributed by atoms with Gasteiger partial charge in [0.2, 0.25) is 0 Å². The van der Waals surface area contributed by atoms with Gasteiger partial charge < -0.3 is 9.47 Å². The lowest BCUT2D eigenvalue weighted by Crippen LogP contribution is -2.16. The number of benzene rings is 11. The van der Waals surface area contributed by atoms with Gasteiger partial charge >= 0.3 is 0 Å². The van der Waals surface area contributed by atoms with Crippen molar-refractivity contribution >= 4 is 49.5 Å². The summed E-state index contributed by atoms with van der Waals surface area (Å²) in [5.41, 5.74) is 20.5. The average Bonchev–Trinajstić information content (AvgIpc) is 3.88. The topological polar surface area (TPSA) is 8.17 Å². The van der Waals surface area contributed by atoms with E-state index >= 15 is 0 Å². The molecule has 1 aliphatic carbocycles. The summed E-state index contributed by atoms with van der Waals surface area (Å²) >= 11 is 0. The molecule has 0 spiro atoms. The van der Waals surface area contributed by atoms with E-state index in [2.05, 4.69) is 278 Å². The Morgan fingerprint density at radius 3 is 1.57 bits per heavy atom. The van der Waals surface area contributed by atoms with E-state index in [1.807, 2.05) is 0 Å². The van der Waals surface area contributed by atoms with E-state index in [0.717, 1.165) is 22.7 Å². The van der Waals surface area contributed by atoms with E-state index < -0.39 is 0 Å². The van der Waals surface area contributed by atoms with E-state index in [1.165, 1.54) is 99.3 Å². The first-order valence-corrected chi connectivity index (χ1v) is 24.0. The molecule has 13 rings (SSSR count). The molecule has 1 heterocycles. The molecule has 326 valence electrons. The lowest BCUT2D eigenvalue weighted by molar-refractivity contribution is 0.660. The summed E-state index contributed by atoms with van der Waals surface area (Å²) < 4.78 is 2.45. The third-order valence-electron chi connectivity index (χ3n) is 14.6. The Balaban J connectivity index is 0.921. The Morgan fingerprint density at radius 2 is 0.870 bits per heavy atom. The first-order valence-electron chi connectivity index (χ1n) is 24.0. The number of rotatable bonds is 8. The van der Waals surface area contributed by atoms with Crippen LogP contribution in [-0.4, -0.2) is 4.57 Å². The molecule has 0 saturated carbocycles. The van der Waals surface area contributed by atoms with Gasteiger partial charge in [-0.25, -0.2) is 0 Å². The monoisotopic (exact) mass is 880 g/mol. The Hall–Kier alpha value is -8.72. The summed E-state index contributed by atoms with van der Waals surface area (Å²) in [6.07, 6.45) is 0. The molecule has 0 fully saturated rings. The lowest BCUT2D eigenvalue weighted by atomic mass is 9.82. The van der Waals surface area contributed by atoms with E-state index in [1.54, 1.807) is 0 Å². The van der Waals surface area contributed by atoms with Crippen LogP contribution in [0.4, 0.5) is 17.1 Å². The van der Waals surface area contributed by atoms with Crippen LogP contribution in [0.25, 0.3) is 93.9 Å². The summed E-state index contributed by atoms with van der Waals surface area (Å²) in [7, 11) is 0. The van der Waals surface area contributed by atoms with Gasteiger partial charge in [-0.05, 0) is 144 Å². The predicted molar refractivity (Wildman–Crippen MR) is 292 cm³/mol. The second-order valence-corrected chi connectivity index (χ2v) is 18.9. The zero-order chi connectivity index (χ0) is 46.1. The maximum absolute atomic E-state index is 2.45. The summed E-state index contributed by atoms with van der Waals surface area (Å²) in [6, 6.07) is 93.6. The minimum atomic E-state index is -0.117. The van der Waals surface area contributed by atoms with Crippen LogP contribution in [0, 0.1) is 0 Å². The molecule has 0 bridgehead atoms. The fraction of sp³-hybridized carbons (Fsp3) is 0.0448. The molecule has 2 heteroatoms. The van der Waals surface area contributed by atoms with Crippen LogP contribution in [0.3, 0.4) is 0 Å². The third-order valence-corrected chi connectivity index (χ3v) is 14.6. The summed E-state index contributed by atoms with van der Waals surface area (Å²) in [5.74, 6) is 0. The molecule has 1 aliphatic rings. The van der Waals surface area contributed by atoms with Crippen LogP contribution in [0.5, 0.6) is 0 Å². The molecule has 0 radical (unpaired) electrons. The van der Waals surface area contributed by atoms with E-state index in [0.29, 0.717) is 0 Å². The van der Waals surface area contributed by atoms with Crippen molar-refractivity contribution in [3.8, 4) is 61.5 Å². The Bertz CT molecular complexity index is 3880. The normalized spacial score (nSPS) is 12.6. The molecule has 0 aliphatic heterocycles. The number of para-hydroxylation sites is 1. The van der Waals surface area contributed by atoms with Gasteiger partial charge in [0.25, 0.3) is 0 Å². The second-order valence-electron chi connectivity index (χ2n) is 18.9. The summed E-state index contributed by atoms with van der Waals surface area (Å²) in [4.78, 5) is 2.41. The zero-order valence-corrected chi connectivity index (χ0v) is 38.6. The van der Waals surface area contributed by atoms with Crippen LogP contribution >= 0.6 is 0 Å². The molecule has 0 unspecified atom stereocenters. The quantitative estimate of drug-likeness (QED) is 0.148. The van der Waals surface area contributed by atoms with E-state index in [-0.39, 0.29) is 5.41 Å². The molecule has 0 amide bonds. The average molecular weight is 881 g/mol. The van der Waals surface area contributed by atoms with Crippen molar-refractivity contribution in [2.75, 3.05) is 4.90 Å². The van der Waals surface area contributed by atoms with Crippen molar-refractivity contribution in [2.24, 2.45) is 0 Å². The van der Waals surface area contributed by atoms with Crippen molar-refractivity contribution in [2.45, 2.75) is 19.3 Å². The SMILES string of the molecule is CC1(C)c2ccccc2-c2ccc(N(c3ccc(-c4ccc5ccccc5c4)cc3)c3ccc(-c4ccc5c(ccc6c5c(-c5ccccc5)c(-c5ccccc5)n6-c5ccccc5)c4)cc3)cc21. The highest BCUT2D eigenvalue weighted by Gasteiger charge is 2.36. The van der Waals surface area contributed by atoms with Crippen molar-refractivity contribution in [3.05, 3.63) is 266 Å². The van der Waals surface area contributed by atoms with Gasteiger partial charge in [-0.1, -0.05) is 202 Å². The minimum Gasteiger partial charge on any atom is -0.310 e.